The first-order valence-corrected chi connectivity index (χ1v) is 8.24. The Morgan fingerprint density at radius 3 is 2.48 bits per heavy atom. The maximum Gasteiger partial charge on any atom is 0.260 e. The molecule has 0 aromatic heterocycles. The Morgan fingerprint density at radius 1 is 1.22 bits per heavy atom. The Hall–Kier alpha value is -1.26. The second-order valence-electron chi connectivity index (χ2n) is 6.80. The van der Waals surface area contributed by atoms with E-state index in [0.29, 0.717) is 18.1 Å². The van der Waals surface area contributed by atoms with Crippen molar-refractivity contribution in [1.29, 1.82) is 0 Å². The van der Waals surface area contributed by atoms with Gasteiger partial charge in [-0.25, -0.2) is 0 Å². The van der Waals surface area contributed by atoms with Crippen molar-refractivity contribution in [2.75, 3.05) is 13.7 Å². The highest BCUT2D eigenvalue weighted by Crippen LogP contribution is 2.29. The van der Waals surface area contributed by atoms with E-state index in [1.165, 1.54) is 24.0 Å². The fourth-order valence-electron chi connectivity index (χ4n) is 3.60. The molecule has 2 aliphatic heterocycles. The summed E-state index contributed by atoms with van der Waals surface area (Å²) >= 11 is 0. The van der Waals surface area contributed by atoms with Crippen LogP contribution in [0.4, 0.5) is 0 Å². The number of piperidine rings is 1. The van der Waals surface area contributed by atoms with E-state index in [-0.39, 0.29) is 24.9 Å². The minimum absolute atomic E-state index is 0. The third kappa shape index (κ3) is 4.18. The molecule has 2 fully saturated rings. The first-order chi connectivity index (χ1) is 10.5. The number of carbonyl (C=O) groups is 1. The number of likely N-dealkylation sites (N-methyl/N-ethyl adjacent to an activating group) is 1. The van der Waals surface area contributed by atoms with Gasteiger partial charge in [0.05, 0.1) is 0 Å². The second-order valence-corrected chi connectivity index (χ2v) is 6.80. The molecule has 0 saturated carbocycles. The molecular weight excluding hydrogens is 312 g/mol. The average molecular weight is 339 g/mol. The first-order valence-electron chi connectivity index (χ1n) is 8.24. The molecule has 4 nitrogen and oxygen atoms in total. The van der Waals surface area contributed by atoms with Gasteiger partial charge in [-0.05, 0) is 62.8 Å². The summed E-state index contributed by atoms with van der Waals surface area (Å²) in [5.74, 6) is 0.847. The fourth-order valence-corrected chi connectivity index (χ4v) is 3.60. The number of nitrogens with zero attached hydrogens (tertiary/aromatic N) is 1. The lowest BCUT2D eigenvalue weighted by Gasteiger charge is -2.35. The summed E-state index contributed by atoms with van der Waals surface area (Å²) in [4.78, 5) is 14.3. The highest BCUT2D eigenvalue weighted by atomic mass is 35.5. The van der Waals surface area contributed by atoms with Gasteiger partial charge in [0.2, 0.25) is 0 Å². The third-order valence-electron chi connectivity index (χ3n) is 5.23. The van der Waals surface area contributed by atoms with Crippen molar-refractivity contribution < 1.29 is 9.53 Å². The van der Waals surface area contributed by atoms with Crippen molar-refractivity contribution in [3.05, 3.63) is 29.3 Å². The summed E-state index contributed by atoms with van der Waals surface area (Å²) in [5, 5.41) is 3.61. The van der Waals surface area contributed by atoms with Gasteiger partial charge in [0.1, 0.15) is 5.75 Å². The first kappa shape index (κ1) is 18.1. The maximum atomic E-state index is 12.4. The number of ether oxygens (including phenoxy) is 1. The van der Waals surface area contributed by atoms with E-state index in [9.17, 15) is 4.79 Å². The van der Waals surface area contributed by atoms with Crippen LogP contribution in [0, 0.1) is 13.8 Å². The van der Waals surface area contributed by atoms with E-state index in [4.69, 9.17) is 4.74 Å². The van der Waals surface area contributed by atoms with Gasteiger partial charge in [0.15, 0.2) is 6.61 Å². The number of carbonyl (C=O) groups excluding carboxylic acids is 1. The SMILES string of the molecule is Cc1ccc(OCC(=O)N(C)C2CC3CCC(C2)N3)cc1C.Cl. The van der Waals surface area contributed by atoms with E-state index >= 15 is 0 Å². The van der Waals surface area contributed by atoms with Gasteiger partial charge < -0.3 is 15.0 Å². The van der Waals surface area contributed by atoms with Crippen molar-refractivity contribution in [2.45, 2.75) is 57.7 Å². The van der Waals surface area contributed by atoms with Crippen molar-refractivity contribution in [3.63, 3.8) is 0 Å². The van der Waals surface area contributed by atoms with Crippen molar-refractivity contribution in [3.8, 4) is 5.75 Å². The Balaban J connectivity index is 0.00000192. The van der Waals surface area contributed by atoms with Gasteiger partial charge in [0, 0.05) is 25.2 Å². The minimum atomic E-state index is 0. The molecule has 2 heterocycles. The fraction of sp³-hybridized carbons (Fsp3) is 0.611. The Labute approximate surface area is 145 Å². The van der Waals surface area contributed by atoms with Gasteiger partial charge in [-0.15, -0.1) is 12.4 Å². The summed E-state index contributed by atoms with van der Waals surface area (Å²) < 4.78 is 5.68. The molecule has 1 amide bonds. The number of benzene rings is 1. The number of halogens is 1. The molecule has 1 aromatic rings. The van der Waals surface area contributed by atoms with Crippen LogP contribution in [-0.2, 0) is 4.79 Å². The van der Waals surface area contributed by atoms with Gasteiger partial charge in [0.25, 0.3) is 5.91 Å². The lowest BCUT2D eigenvalue weighted by molar-refractivity contribution is -0.134. The molecule has 0 spiro atoms. The zero-order valence-electron chi connectivity index (χ0n) is 14.2. The normalized spacial score (nSPS) is 25.6. The predicted molar refractivity (Wildman–Crippen MR) is 94.4 cm³/mol. The highest BCUT2D eigenvalue weighted by Gasteiger charge is 2.36. The van der Waals surface area contributed by atoms with Gasteiger partial charge >= 0.3 is 0 Å². The lowest BCUT2D eigenvalue weighted by Crippen LogP contribution is -2.49. The van der Waals surface area contributed by atoms with E-state index in [0.717, 1.165) is 18.6 Å². The highest BCUT2D eigenvalue weighted by molar-refractivity contribution is 5.85. The molecule has 1 N–H and O–H groups in total. The molecule has 1 aromatic carbocycles. The maximum absolute atomic E-state index is 12.4. The number of amides is 1. The molecule has 3 rings (SSSR count). The number of hydrogen-bond acceptors (Lipinski definition) is 3. The molecular formula is C18H27ClN2O2. The zero-order valence-corrected chi connectivity index (χ0v) is 15.0. The summed E-state index contributed by atoms with van der Waals surface area (Å²) in [7, 11) is 1.92. The van der Waals surface area contributed by atoms with Crippen LogP contribution in [-0.4, -0.2) is 42.6 Å². The number of aryl methyl sites for hydroxylation is 2. The molecule has 2 atom stereocenters. The molecule has 2 bridgehead atoms. The molecule has 128 valence electrons. The van der Waals surface area contributed by atoms with Crippen molar-refractivity contribution in [2.24, 2.45) is 0 Å². The van der Waals surface area contributed by atoms with E-state index in [1.807, 2.05) is 30.1 Å². The second kappa shape index (κ2) is 7.54. The largest absolute Gasteiger partial charge is 0.484 e. The number of nitrogens with one attached hydrogen (secondary N) is 1. The quantitative estimate of drug-likeness (QED) is 0.917. The van der Waals surface area contributed by atoms with Gasteiger partial charge in [-0.2, -0.15) is 0 Å². The topological polar surface area (TPSA) is 41.6 Å². The minimum Gasteiger partial charge on any atom is -0.484 e. The Morgan fingerprint density at radius 2 is 1.87 bits per heavy atom. The number of rotatable bonds is 4. The lowest BCUT2D eigenvalue weighted by atomic mass is 9.98. The Bertz CT molecular complexity index is 552. The number of hydrogen-bond donors (Lipinski definition) is 1. The Kier molecular flexibility index (Phi) is 5.93. The molecule has 0 radical (unpaired) electrons. The van der Waals surface area contributed by atoms with Crippen molar-refractivity contribution in [1.82, 2.24) is 10.2 Å². The van der Waals surface area contributed by atoms with Crippen LogP contribution in [0.5, 0.6) is 5.75 Å². The molecule has 2 unspecified atom stereocenters. The van der Waals surface area contributed by atoms with Gasteiger partial charge in [-0.1, -0.05) is 6.07 Å². The zero-order chi connectivity index (χ0) is 15.7. The van der Waals surface area contributed by atoms with E-state index in [1.54, 1.807) is 0 Å². The number of fused-ring (bicyclic) bond motifs is 2. The van der Waals surface area contributed by atoms with E-state index in [2.05, 4.69) is 19.2 Å². The summed E-state index contributed by atoms with van der Waals surface area (Å²) in [5.41, 5.74) is 2.43. The van der Waals surface area contributed by atoms with E-state index < -0.39 is 0 Å². The predicted octanol–water partition coefficient (Wildman–Crippen LogP) is 2.85. The third-order valence-corrected chi connectivity index (χ3v) is 5.23. The van der Waals surface area contributed by atoms with Crippen molar-refractivity contribution >= 4 is 18.3 Å². The standard InChI is InChI=1S/C18H26N2O2.ClH/c1-12-4-7-17(8-13(12)2)22-11-18(21)20(3)16-9-14-5-6-15(10-16)19-14;/h4,7-8,14-16,19H,5-6,9-11H2,1-3H3;1H. The van der Waals surface area contributed by atoms with Crippen LogP contribution in [0.25, 0.3) is 0 Å². The van der Waals surface area contributed by atoms with Crippen LogP contribution in [0.3, 0.4) is 0 Å². The average Bonchev–Trinajstić information content (AvgIpc) is 2.85. The van der Waals surface area contributed by atoms with Gasteiger partial charge in [-0.3, -0.25) is 4.79 Å². The monoisotopic (exact) mass is 338 g/mol. The molecule has 0 aliphatic carbocycles. The molecule has 2 aliphatic rings. The van der Waals surface area contributed by atoms with Crippen LogP contribution in [0.1, 0.15) is 36.8 Å². The van der Waals surface area contributed by atoms with Crippen LogP contribution in [0.15, 0.2) is 18.2 Å². The van der Waals surface area contributed by atoms with Crippen LogP contribution >= 0.6 is 12.4 Å². The summed E-state index contributed by atoms with van der Waals surface area (Å²) in [6.45, 7) is 4.25. The summed E-state index contributed by atoms with van der Waals surface area (Å²) in [6.07, 6.45) is 4.65. The van der Waals surface area contributed by atoms with Crippen LogP contribution < -0.4 is 10.1 Å². The smallest absolute Gasteiger partial charge is 0.260 e. The molecule has 5 heteroatoms. The molecule has 23 heavy (non-hydrogen) atoms. The van der Waals surface area contributed by atoms with Crippen LogP contribution in [0.2, 0.25) is 0 Å². The summed E-state index contributed by atoms with van der Waals surface area (Å²) in [6, 6.07) is 7.51. The molecule has 2 saturated heterocycles.